The normalized spacial score (nSPS) is 11.3. The largest absolute Gasteiger partial charge is 0.475 e. The van der Waals surface area contributed by atoms with E-state index in [1.165, 1.54) is 16.9 Å². The van der Waals surface area contributed by atoms with Crippen LogP contribution < -0.4 is 15.6 Å². The number of nitrogens with zero attached hydrogens (tertiary/aromatic N) is 2. The van der Waals surface area contributed by atoms with E-state index in [4.69, 9.17) is 9.47 Å². The number of carbonyl (C=O) groups is 1. The summed E-state index contributed by atoms with van der Waals surface area (Å²) >= 11 is 0. The smallest absolute Gasteiger partial charge is 0.273 e. The zero-order valence-electron chi connectivity index (χ0n) is 16.6. The van der Waals surface area contributed by atoms with E-state index < -0.39 is 0 Å². The minimum atomic E-state index is -0.387. The van der Waals surface area contributed by atoms with Gasteiger partial charge in [-0.25, -0.2) is 9.67 Å². The van der Waals surface area contributed by atoms with E-state index in [1.807, 2.05) is 39.0 Å². The van der Waals surface area contributed by atoms with Crippen LogP contribution in [0.25, 0.3) is 5.69 Å². The van der Waals surface area contributed by atoms with E-state index in [1.54, 1.807) is 24.3 Å². The van der Waals surface area contributed by atoms with Gasteiger partial charge in [-0.1, -0.05) is 18.2 Å². The summed E-state index contributed by atoms with van der Waals surface area (Å²) < 4.78 is 12.4. The van der Waals surface area contributed by atoms with E-state index >= 15 is 0 Å². The fourth-order valence-electron chi connectivity index (χ4n) is 2.52. The Balaban J connectivity index is 1.58. The molecule has 2 heterocycles. The molecule has 8 heteroatoms. The number of pyridine rings is 1. The predicted octanol–water partition coefficient (Wildman–Crippen LogP) is 3.01. The molecule has 0 saturated carbocycles. The van der Waals surface area contributed by atoms with Gasteiger partial charge >= 0.3 is 0 Å². The van der Waals surface area contributed by atoms with Gasteiger partial charge in [0.2, 0.25) is 5.88 Å². The number of carbonyl (C=O) groups excluding carboxylic acids is 1. The van der Waals surface area contributed by atoms with Gasteiger partial charge in [-0.05, 0) is 39.0 Å². The molecule has 0 saturated heterocycles. The number of anilines is 1. The topological polar surface area (TPSA) is 98.2 Å². The molecule has 2 aromatic heterocycles. The van der Waals surface area contributed by atoms with E-state index in [9.17, 15) is 9.59 Å². The van der Waals surface area contributed by atoms with Crippen LogP contribution >= 0.6 is 0 Å². The number of aromatic nitrogens is 3. The molecule has 0 fully saturated rings. The number of nitrogens with one attached hydrogen (secondary N) is 2. The van der Waals surface area contributed by atoms with Crippen LogP contribution in [-0.2, 0) is 4.74 Å². The number of aromatic amines is 1. The molecule has 0 radical (unpaired) electrons. The van der Waals surface area contributed by atoms with Gasteiger partial charge in [0.05, 0.1) is 23.5 Å². The predicted molar refractivity (Wildman–Crippen MR) is 110 cm³/mol. The molecule has 3 aromatic rings. The Kier molecular flexibility index (Phi) is 6.13. The number of ether oxygens (including phenoxy) is 2. The molecular weight excluding hydrogens is 372 g/mol. The van der Waals surface area contributed by atoms with E-state index in [-0.39, 0.29) is 17.1 Å². The molecule has 3 rings (SSSR count). The summed E-state index contributed by atoms with van der Waals surface area (Å²) in [5, 5.41) is 5.53. The van der Waals surface area contributed by atoms with Crippen molar-refractivity contribution in [1.82, 2.24) is 14.8 Å². The van der Waals surface area contributed by atoms with E-state index in [2.05, 4.69) is 15.4 Å². The van der Waals surface area contributed by atoms with Crippen molar-refractivity contribution in [2.45, 2.75) is 26.4 Å². The van der Waals surface area contributed by atoms with Crippen LogP contribution in [0.2, 0.25) is 0 Å². The molecule has 0 spiro atoms. The molecule has 1 amide bonds. The number of benzene rings is 1. The summed E-state index contributed by atoms with van der Waals surface area (Å²) in [4.78, 5) is 28.7. The molecule has 8 nitrogen and oxygen atoms in total. The highest BCUT2D eigenvalue weighted by Crippen LogP contribution is 2.11. The number of para-hydroxylation sites is 1. The summed E-state index contributed by atoms with van der Waals surface area (Å²) in [5.74, 6) is 0.313. The average molecular weight is 396 g/mol. The maximum atomic E-state index is 12.4. The first kappa shape index (κ1) is 20.3. The third kappa shape index (κ3) is 5.79. The quantitative estimate of drug-likeness (QED) is 0.598. The average Bonchev–Trinajstić information content (AvgIpc) is 3.05. The van der Waals surface area contributed by atoms with Gasteiger partial charge in [-0.2, -0.15) is 0 Å². The van der Waals surface area contributed by atoms with Crippen molar-refractivity contribution in [2.24, 2.45) is 0 Å². The molecule has 0 aliphatic carbocycles. The van der Waals surface area contributed by atoms with Crippen molar-refractivity contribution >= 4 is 11.7 Å². The highest BCUT2D eigenvalue weighted by molar-refractivity contribution is 6.03. The Bertz CT molecular complexity index is 1000. The molecule has 152 valence electrons. The molecule has 0 unspecified atom stereocenters. The lowest BCUT2D eigenvalue weighted by molar-refractivity contribution is -0.0168. The van der Waals surface area contributed by atoms with Crippen LogP contribution in [0.4, 0.5) is 5.82 Å². The summed E-state index contributed by atoms with van der Waals surface area (Å²) in [6.07, 6.45) is 1.42. The summed E-state index contributed by atoms with van der Waals surface area (Å²) in [7, 11) is 0. The fraction of sp³-hybridized carbons (Fsp3) is 0.286. The van der Waals surface area contributed by atoms with Gasteiger partial charge in [-0.15, -0.1) is 0 Å². The monoisotopic (exact) mass is 396 g/mol. The SMILES string of the molecule is CC(C)(C)OCCOc1ccc(C(=O)Nc2cc(=O)n(-c3ccccc3)[nH]2)cn1. The molecule has 29 heavy (non-hydrogen) atoms. The molecule has 0 bridgehead atoms. The third-order valence-corrected chi connectivity index (χ3v) is 3.85. The van der Waals surface area contributed by atoms with Crippen molar-refractivity contribution in [1.29, 1.82) is 0 Å². The maximum Gasteiger partial charge on any atom is 0.273 e. The van der Waals surface area contributed by atoms with Crippen molar-refractivity contribution < 1.29 is 14.3 Å². The molecule has 2 N–H and O–H groups in total. The Hall–Kier alpha value is -3.39. The number of hydrogen-bond acceptors (Lipinski definition) is 5. The summed E-state index contributed by atoms with van der Waals surface area (Å²) in [5.41, 5.74) is 0.526. The molecule has 0 aliphatic rings. The van der Waals surface area contributed by atoms with Gasteiger partial charge in [-0.3, -0.25) is 14.7 Å². The van der Waals surface area contributed by atoms with Gasteiger partial charge < -0.3 is 14.8 Å². The van der Waals surface area contributed by atoms with Crippen molar-refractivity contribution in [3.05, 3.63) is 70.6 Å². The first-order chi connectivity index (χ1) is 13.8. The van der Waals surface area contributed by atoms with Gasteiger partial charge in [0.25, 0.3) is 11.5 Å². The van der Waals surface area contributed by atoms with Crippen LogP contribution in [0, 0.1) is 0 Å². The van der Waals surface area contributed by atoms with Gasteiger partial charge in [0.1, 0.15) is 12.4 Å². The minimum absolute atomic E-state index is 0.223. The van der Waals surface area contributed by atoms with Gasteiger partial charge in [0, 0.05) is 18.3 Å². The lowest BCUT2D eigenvalue weighted by Crippen LogP contribution is -2.22. The standard InChI is InChI=1S/C21H24N4O4/c1-21(2,3)29-12-11-28-18-10-9-15(14-22-18)20(27)23-17-13-19(26)25(24-17)16-7-5-4-6-8-16/h4-10,13-14,24H,11-12H2,1-3H3,(H,23,27). The zero-order valence-corrected chi connectivity index (χ0v) is 16.6. The van der Waals surface area contributed by atoms with Crippen LogP contribution in [0.1, 0.15) is 31.1 Å². The lowest BCUT2D eigenvalue weighted by atomic mass is 10.2. The molecular formula is C21H24N4O4. The van der Waals surface area contributed by atoms with Gasteiger partial charge in [0.15, 0.2) is 0 Å². The number of H-pyrrole nitrogens is 1. The summed E-state index contributed by atoms with van der Waals surface area (Å²) in [6.45, 7) is 6.73. The van der Waals surface area contributed by atoms with Crippen LogP contribution in [-0.4, -0.2) is 39.5 Å². The highest BCUT2D eigenvalue weighted by atomic mass is 16.5. The van der Waals surface area contributed by atoms with Crippen LogP contribution in [0.15, 0.2) is 59.5 Å². The van der Waals surface area contributed by atoms with Crippen molar-refractivity contribution in [2.75, 3.05) is 18.5 Å². The van der Waals surface area contributed by atoms with Crippen molar-refractivity contribution in [3.8, 4) is 11.6 Å². The maximum absolute atomic E-state index is 12.4. The first-order valence-corrected chi connectivity index (χ1v) is 9.23. The Morgan fingerprint density at radius 2 is 1.90 bits per heavy atom. The highest BCUT2D eigenvalue weighted by Gasteiger charge is 2.12. The molecule has 0 aliphatic heterocycles. The second kappa shape index (κ2) is 8.74. The third-order valence-electron chi connectivity index (χ3n) is 3.85. The van der Waals surface area contributed by atoms with Crippen LogP contribution in [0.3, 0.4) is 0 Å². The lowest BCUT2D eigenvalue weighted by Gasteiger charge is -2.19. The number of rotatable bonds is 7. The number of amides is 1. The fourth-order valence-corrected chi connectivity index (χ4v) is 2.52. The molecule has 1 aromatic carbocycles. The first-order valence-electron chi connectivity index (χ1n) is 9.23. The van der Waals surface area contributed by atoms with E-state index in [0.29, 0.717) is 36.2 Å². The minimum Gasteiger partial charge on any atom is -0.475 e. The summed E-state index contributed by atoms with van der Waals surface area (Å²) in [6, 6.07) is 13.6. The molecule has 0 atom stereocenters. The second-order valence-electron chi connectivity index (χ2n) is 7.33. The second-order valence-corrected chi connectivity index (χ2v) is 7.33. The Morgan fingerprint density at radius 3 is 2.55 bits per heavy atom. The zero-order chi connectivity index (χ0) is 20.9. The van der Waals surface area contributed by atoms with E-state index in [0.717, 1.165) is 0 Å². The van der Waals surface area contributed by atoms with Crippen LogP contribution in [0.5, 0.6) is 5.88 Å². The van der Waals surface area contributed by atoms with Crippen molar-refractivity contribution in [3.63, 3.8) is 0 Å². The Labute approximate surface area is 168 Å². The Morgan fingerprint density at radius 1 is 1.14 bits per heavy atom. The number of hydrogen-bond donors (Lipinski definition) is 2.